The monoisotopic (exact) mass is 400 g/mol. The first kappa shape index (κ1) is 19.3. The zero-order chi connectivity index (χ0) is 21.3. The van der Waals surface area contributed by atoms with Gasteiger partial charge in [-0.3, -0.25) is 9.78 Å². The van der Waals surface area contributed by atoms with E-state index in [4.69, 9.17) is 15.2 Å². The molecule has 0 aliphatic carbocycles. The van der Waals surface area contributed by atoms with E-state index in [1.54, 1.807) is 36.2 Å². The number of nitriles is 1. The number of nitrogens with zero attached hydrogens (tertiary/aromatic N) is 3. The number of para-hydroxylation sites is 1. The summed E-state index contributed by atoms with van der Waals surface area (Å²) in [5.41, 5.74) is 8.65. The molecule has 3 heterocycles. The first-order valence-electron chi connectivity index (χ1n) is 9.39. The fraction of sp³-hybridized carbons (Fsp3) is 0.174. The summed E-state index contributed by atoms with van der Waals surface area (Å²) >= 11 is 0. The number of ether oxygens (including phenoxy) is 2. The summed E-state index contributed by atoms with van der Waals surface area (Å²) in [4.78, 5) is 17.8. The van der Waals surface area contributed by atoms with Crippen LogP contribution in [0.15, 0.2) is 71.1 Å². The number of methoxy groups -OCH3 is 1. The summed E-state index contributed by atoms with van der Waals surface area (Å²) in [5, 5.41) is 9.81. The summed E-state index contributed by atoms with van der Waals surface area (Å²) in [6.07, 6.45) is 3.41. The van der Waals surface area contributed by atoms with Gasteiger partial charge in [-0.25, -0.2) is 0 Å². The van der Waals surface area contributed by atoms with E-state index in [2.05, 4.69) is 11.1 Å². The summed E-state index contributed by atoms with van der Waals surface area (Å²) in [6, 6.07) is 14.9. The van der Waals surface area contributed by atoms with Gasteiger partial charge < -0.3 is 19.8 Å². The van der Waals surface area contributed by atoms with Crippen LogP contribution in [0.1, 0.15) is 28.3 Å². The molecular formula is C23H20N4O3. The smallest absolute Gasteiger partial charge is 0.259 e. The first-order valence-corrected chi connectivity index (χ1v) is 9.39. The van der Waals surface area contributed by atoms with Gasteiger partial charge in [0.2, 0.25) is 5.88 Å². The maximum absolute atomic E-state index is 13.6. The molecule has 0 saturated heterocycles. The van der Waals surface area contributed by atoms with Crippen LogP contribution in [0.25, 0.3) is 0 Å². The fourth-order valence-corrected chi connectivity index (χ4v) is 3.77. The summed E-state index contributed by atoms with van der Waals surface area (Å²) in [6.45, 7) is 2.19. The van der Waals surface area contributed by atoms with E-state index in [0.29, 0.717) is 29.2 Å². The van der Waals surface area contributed by atoms with Crippen molar-refractivity contribution < 1.29 is 9.47 Å². The molecule has 2 aromatic heterocycles. The fourth-order valence-electron chi connectivity index (χ4n) is 3.77. The average Bonchev–Trinajstić information content (AvgIpc) is 2.76. The van der Waals surface area contributed by atoms with Crippen LogP contribution in [0.4, 0.5) is 0 Å². The van der Waals surface area contributed by atoms with Crippen LogP contribution in [0, 0.1) is 18.3 Å². The molecule has 1 aromatic carbocycles. The van der Waals surface area contributed by atoms with Crippen LogP contribution in [-0.4, -0.2) is 16.7 Å². The summed E-state index contributed by atoms with van der Waals surface area (Å²) in [7, 11) is 1.55. The van der Waals surface area contributed by atoms with Gasteiger partial charge in [0.1, 0.15) is 23.1 Å². The molecule has 0 amide bonds. The third-order valence-electron chi connectivity index (χ3n) is 5.20. The van der Waals surface area contributed by atoms with Crippen molar-refractivity contribution >= 4 is 0 Å². The number of hydrogen-bond donors (Lipinski definition) is 1. The Labute approximate surface area is 173 Å². The number of benzene rings is 1. The molecule has 150 valence electrons. The van der Waals surface area contributed by atoms with Crippen molar-refractivity contribution in [2.75, 3.05) is 7.11 Å². The standard InChI is InChI=1S/C23H20N4O3/c1-14-10-19-21(23(28)27(14)13-15-6-5-9-26-12-15)20(17(11-24)22(25)30-19)16-7-3-4-8-18(16)29-2/h3-10,12,20H,13,25H2,1-2H3. The zero-order valence-electron chi connectivity index (χ0n) is 16.6. The molecule has 7 nitrogen and oxygen atoms in total. The van der Waals surface area contributed by atoms with Crippen molar-refractivity contribution in [3.05, 3.63) is 99.1 Å². The lowest BCUT2D eigenvalue weighted by atomic mass is 9.83. The summed E-state index contributed by atoms with van der Waals surface area (Å²) in [5.74, 6) is 0.217. The number of allylic oxidation sites excluding steroid dienone is 1. The van der Waals surface area contributed by atoms with Crippen LogP contribution in [-0.2, 0) is 6.54 Å². The zero-order valence-corrected chi connectivity index (χ0v) is 16.6. The van der Waals surface area contributed by atoms with Crippen molar-refractivity contribution in [3.63, 3.8) is 0 Å². The predicted octanol–water partition coefficient (Wildman–Crippen LogP) is 2.83. The average molecular weight is 400 g/mol. The van der Waals surface area contributed by atoms with E-state index >= 15 is 0 Å². The third kappa shape index (κ3) is 3.18. The van der Waals surface area contributed by atoms with E-state index in [0.717, 1.165) is 11.3 Å². The van der Waals surface area contributed by atoms with E-state index in [9.17, 15) is 10.1 Å². The third-order valence-corrected chi connectivity index (χ3v) is 5.20. The lowest BCUT2D eigenvalue weighted by Gasteiger charge is -2.28. The lowest BCUT2D eigenvalue weighted by molar-refractivity contribution is 0.383. The van der Waals surface area contributed by atoms with Crippen LogP contribution in [0.3, 0.4) is 0 Å². The Morgan fingerprint density at radius 1 is 1.30 bits per heavy atom. The maximum Gasteiger partial charge on any atom is 0.259 e. The van der Waals surface area contributed by atoms with Gasteiger partial charge in [-0.15, -0.1) is 0 Å². The van der Waals surface area contributed by atoms with Gasteiger partial charge in [-0.05, 0) is 24.6 Å². The molecule has 1 aliphatic rings. The van der Waals surface area contributed by atoms with Crippen molar-refractivity contribution in [3.8, 4) is 17.6 Å². The SMILES string of the molecule is COc1ccccc1C1C(C#N)=C(N)Oc2cc(C)n(Cc3cccnc3)c(=O)c21. The molecule has 0 fully saturated rings. The number of aryl methyl sites for hydroxylation is 1. The van der Waals surface area contributed by atoms with Crippen LogP contribution in [0.2, 0.25) is 0 Å². The Bertz CT molecular complexity index is 1240. The highest BCUT2D eigenvalue weighted by molar-refractivity contribution is 5.58. The largest absolute Gasteiger partial charge is 0.496 e. The minimum Gasteiger partial charge on any atom is -0.496 e. The van der Waals surface area contributed by atoms with E-state index in [1.165, 1.54) is 0 Å². The molecule has 1 aliphatic heterocycles. The Balaban J connectivity index is 1.96. The number of hydrogen-bond acceptors (Lipinski definition) is 6. The molecule has 1 unspecified atom stereocenters. The molecule has 1 atom stereocenters. The molecule has 3 aromatic rings. The van der Waals surface area contributed by atoms with Crippen LogP contribution in [0.5, 0.6) is 11.5 Å². The van der Waals surface area contributed by atoms with E-state index < -0.39 is 5.92 Å². The van der Waals surface area contributed by atoms with Crippen molar-refractivity contribution in [1.82, 2.24) is 9.55 Å². The molecule has 0 saturated carbocycles. The summed E-state index contributed by atoms with van der Waals surface area (Å²) < 4.78 is 12.8. The highest BCUT2D eigenvalue weighted by Gasteiger charge is 2.35. The molecule has 0 radical (unpaired) electrons. The number of rotatable bonds is 4. The van der Waals surface area contributed by atoms with Crippen molar-refractivity contribution in [1.29, 1.82) is 5.26 Å². The Hall–Kier alpha value is -4.05. The minimum atomic E-state index is -0.692. The predicted molar refractivity (Wildman–Crippen MR) is 111 cm³/mol. The molecule has 7 heteroatoms. The van der Waals surface area contributed by atoms with Crippen LogP contribution < -0.4 is 20.8 Å². The Morgan fingerprint density at radius 2 is 2.10 bits per heavy atom. The quantitative estimate of drug-likeness (QED) is 0.722. The van der Waals surface area contributed by atoms with Crippen molar-refractivity contribution in [2.24, 2.45) is 5.73 Å². The highest BCUT2D eigenvalue weighted by Crippen LogP contribution is 2.43. The van der Waals surface area contributed by atoms with E-state index in [1.807, 2.05) is 37.3 Å². The number of nitrogens with two attached hydrogens (primary N) is 1. The van der Waals surface area contributed by atoms with Gasteiger partial charge in [0.15, 0.2) is 0 Å². The normalized spacial score (nSPS) is 15.2. The van der Waals surface area contributed by atoms with Gasteiger partial charge in [-0.1, -0.05) is 24.3 Å². The van der Waals surface area contributed by atoms with Crippen molar-refractivity contribution in [2.45, 2.75) is 19.4 Å². The van der Waals surface area contributed by atoms with Gasteiger partial charge in [0.05, 0.1) is 25.1 Å². The van der Waals surface area contributed by atoms with Gasteiger partial charge in [0.25, 0.3) is 5.56 Å². The Morgan fingerprint density at radius 3 is 2.80 bits per heavy atom. The second-order valence-electron chi connectivity index (χ2n) is 6.98. The van der Waals surface area contributed by atoms with Gasteiger partial charge in [0, 0.05) is 29.7 Å². The number of fused-ring (bicyclic) bond motifs is 1. The van der Waals surface area contributed by atoms with Crippen LogP contribution >= 0.6 is 0 Å². The molecule has 0 spiro atoms. The second kappa shape index (κ2) is 7.76. The number of aromatic nitrogens is 2. The first-order chi connectivity index (χ1) is 14.5. The molecule has 0 bridgehead atoms. The minimum absolute atomic E-state index is 0.00952. The topological polar surface area (TPSA) is 103 Å². The lowest BCUT2D eigenvalue weighted by Crippen LogP contribution is -2.33. The van der Waals surface area contributed by atoms with Gasteiger partial charge in [-0.2, -0.15) is 5.26 Å². The van der Waals surface area contributed by atoms with E-state index in [-0.39, 0.29) is 17.0 Å². The molecule has 30 heavy (non-hydrogen) atoms. The Kier molecular flexibility index (Phi) is 4.98. The highest BCUT2D eigenvalue weighted by atomic mass is 16.5. The van der Waals surface area contributed by atoms with Gasteiger partial charge >= 0.3 is 0 Å². The molecule has 2 N–H and O–H groups in total. The molecular weight excluding hydrogens is 380 g/mol. The number of pyridine rings is 2. The maximum atomic E-state index is 13.6. The molecule has 4 rings (SSSR count). The second-order valence-corrected chi connectivity index (χ2v) is 6.98.